The van der Waals surface area contributed by atoms with Gasteiger partial charge in [0.05, 0.1) is 6.04 Å². The topological polar surface area (TPSA) is 56.7 Å². The minimum Gasteiger partial charge on any atom is -0.352 e. The number of para-hydroxylation sites is 1. The number of rotatable bonds is 4. The first-order chi connectivity index (χ1) is 12.2. The third kappa shape index (κ3) is 4.97. The highest BCUT2D eigenvalue weighted by Crippen LogP contribution is 2.20. The van der Waals surface area contributed by atoms with Crippen molar-refractivity contribution >= 4 is 41.5 Å². The Hall–Kier alpha value is -2.09. The second-order valence-electron chi connectivity index (χ2n) is 6.24. The molecule has 3 rings (SSSR count). The van der Waals surface area contributed by atoms with Gasteiger partial charge in [-0.1, -0.05) is 42.5 Å². The van der Waals surface area contributed by atoms with E-state index in [-0.39, 0.29) is 35.9 Å². The molecule has 5 nitrogen and oxygen atoms in total. The summed E-state index contributed by atoms with van der Waals surface area (Å²) in [5.74, 6) is 0.856. The van der Waals surface area contributed by atoms with E-state index in [0.717, 1.165) is 11.6 Å². The standard InChI is InChI=1S/C20H24N4O.HI/c1-15-8-6-7-9-16(15)13-22-20(21-2)23-17-12-19(25)24(14-17)18-10-4-3-5-11-18;/h3-11,17H,12-14H2,1-2H3,(H2,21,22,23);1H. The molecule has 0 aliphatic carbocycles. The van der Waals surface area contributed by atoms with Crippen LogP contribution in [0.3, 0.4) is 0 Å². The number of benzene rings is 2. The lowest BCUT2D eigenvalue weighted by atomic mass is 10.1. The molecule has 2 N–H and O–H groups in total. The highest BCUT2D eigenvalue weighted by atomic mass is 127. The van der Waals surface area contributed by atoms with E-state index < -0.39 is 0 Å². The maximum Gasteiger partial charge on any atom is 0.229 e. The summed E-state index contributed by atoms with van der Waals surface area (Å²) < 4.78 is 0. The van der Waals surface area contributed by atoms with Crippen molar-refractivity contribution in [1.82, 2.24) is 10.6 Å². The molecule has 2 aromatic rings. The van der Waals surface area contributed by atoms with Gasteiger partial charge in [-0.05, 0) is 30.2 Å². The summed E-state index contributed by atoms with van der Waals surface area (Å²) in [7, 11) is 1.75. The fourth-order valence-corrected chi connectivity index (χ4v) is 3.04. The number of hydrogen-bond acceptors (Lipinski definition) is 2. The van der Waals surface area contributed by atoms with Gasteiger partial charge >= 0.3 is 0 Å². The van der Waals surface area contributed by atoms with Gasteiger partial charge in [0.2, 0.25) is 5.91 Å². The van der Waals surface area contributed by atoms with E-state index in [0.29, 0.717) is 19.5 Å². The molecule has 1 unspecified atom stereocenters. The molecule has 1 aliphatic rings. The Balaban J connectivity index is 0.00000243. The van der Waals surface area contributed by atoms with Gasteiger partial charge in [0.25, 0.3) is 0 Å². The Morgan fingerprint density at radius 2 is 1.85 bits per heavy atom. The molecule has 0 radical (unpaired) electrons. The summed E-state index contributed by atoms with van der Waals surface area (Å²) in [4.78, 5) is 18.4. The third-order valence-electron chi connectivity index (χ3n) is 4.46. The van der Waals surface area contributed by atoms with Crippen LogP contribution in [0, 0.1) is 6.92 Å². The van der Waals surface area contributed by atoms with Crippen LogP contribution in [-0.4, -0.2) is 31.5 Å². The second-order valence-corrected chi connectivity index (χ2v) is 6.24. The van der Waals surface area contributed by atoms with Crippen molar-refractivity contribution in [3.8, 4) is 0 Å². The number of guanidine groups is 1. The number of hydrogen-bond donors (Lipinski definition) is 2. The number of halogens is 1. The molecule has 0 saturated carbocycles. The molecule has 26 heavy (non-hydrogen) atoms. The number of anilines is 1. The first kappa shape index (κ1) is 20.2. The van der Waals surface area contributed by atoms with Gasteiger partial charge in [-0.2, -0.15) is 0 Å². The molecule has 1 atom stereocenters. The van der Waals surface area contributed by atoms with Gasteiger partial charge in [0.1, 0.15) is 0 Å². The minimum atomic E-state index is 0. The SMILES string of the molecule is CN=C(NCc1ccccc1C)NC1CC(=O)N(c2ccccc2)C1.I. The van der Waals surface area contributed by atoms with Gasteiger partial charge in [-0.25, -0.2) is 0 Å². The van der Waals surface area contributed by atoms with Crippen molar-refractivity contribution in [2.24, 2.45) is 4.99 Å². The first-order valence-corrected chi connectivity index (χ1v) is 8.54. The lowest BCUT2D eigenvalue weighted by Crippen LogP contribution is -2.44. The normalized spacial score (nSPS) is 17.0. The molecular weight excluding hydrogens is 439 g/mol. The maximum absolute atomic E-state index is 12.3. The van der Waals surface area contributed by atoms with Gasteiger partial charge in [0, 0.05) is 32.2 Å². The highest BCUT2D eigenvalue weighted by Gasteiger charge is 2.30. The summed E-state index contributed by atoms with van der Waals surface area (Å²) >= 11 is 0. The fraction of sp³-hybridized carbons (Fsp3) is 0.300. The Morgan fingerprint density at radius 1 is 1.15 bits per heavy atom. The Labute approximate surface area is 171 Å². The zero-order valence-electron chi connectivity index (χ0n) is 15.1. The predicted molar refractivity (Wildman–Crippen MR) is 117 cm³/mol. The van der Waals surface area contributed by atoms with Crippen LogP contribution in [0.4, 0.5) is 5.69 Å². The zero-order chi connectivity index (χ0) is 17.6. The predicted octanol–water partition coefficient (Wildman–Crippen LogP) is 3.08. The monoisotopic (exact) mass is 464 g/mol. The van der Waals surface area contributed by atoms with E-state index in [1.807, 2.05) is 47.4 Å². The van der Waals surface area contributed by atoms with Crippen LogP contribution >= 0.6 is 24.0 Å². The molecule has 1 amide bonds. The van der Waals surface area contributed by atoms with Crippen LogP contribution in [0.25, 0.3) is 0 Å². The average Bonchev–Trinajstić information content (AvgIpc) is 3.01. The van der Waals surface area contributed by atoms with Crippen molar-refractivity contribution in [3.05, 3.63) is 65.7 Å². The molecule has 0 bridgehead atoms. The number of aliphatic imine (C=N–C) groups is 1. The summed E-state index contributed by atoms with van der Waals surface area (Å²) in [5.41, 5.74) is 3.43. The number of amides is 1. The largest absolute Gasteiger partial charge is 0.352 e. The van der Waals surface area contributed by atoms with E-state index in [9.17, 15) is 4.79 Å². The molecule has 0 aromatic heterocycles. The molecule has 1 fully saturated rings. The van der Waals surface area contributed by atoms with Crippen LogP contribution in [0.1, 0.15) is 17.5 Å². The van der Waals surface area contributed by atoms with Crippen molar-refractivity contribution in [2.75, 3.05) is 18.5 Å². The molecule has 1 saturated heterocycles. The van der Waals surface area contributed by atoms with Crippen molar-refractivity contribution in [1.29, 1.82) is 0 Å². The molecule has 1 heterocycles. The lowest BCUT2D eigenvalue weighted by molar-refractivity contribution is -0.117. The first-order valence-electron chi connectivity index (χ1n) is 8.54. The third-order valence-corrected chi connectivity index (χ3v) is 4.46. The molecule has 138 valence electrons. The van der Waals surface area contributed by atoms with E-state index >= 15 is 0 Å². The van der Waals surface area contributed by atoms with Crippen molar-refractivity contribution in [3.63, 3.8) is 0 Å². The minimum absolute atomic E-state index is 0. The Morgan fingerprint density at radius 3 is 2.54 bits per heavy atom. The van der Waals surface area contributed by atoms with E-state index in [4.69, 9.17) is 0 Å². The highest BCUT2D eigenvalue weighted by molar-refractivity contribution is 14.0. The summed E-state index contributed by atoms with van der Waals surface area (Å²) in [6.07, 6.45) is 0.472. The molecule has 0 spiro atoms. The summed E-state index contributed by atoms with van der Waals surface area (Å²) in [6.45, 7) is 3.45. The Kier molecular flexibility index (Phi) is 7.44. The number of carbonyl (C=O) groups excluding carboxylic acids is 1. The van der Waals surface area contributed by atoms with Crippen molar-refractivity contribution in [2.45, 2.75) is 25.9 Å². The fourth-order valence-electron chi connectivity index (χ4n) is 3.04. The van der Waals surface area contributed by atoms with Gasteiger partial charge in [-0.15, -0.1) is 24.0 Å². The van der Waals surface area contributed by atoms with Gasteiger partial charge in [-0.3, -0.25) is 9.79 Å². The lowest BCUT2D eigenvalue weighted by Gasteiger charge is -2.19. The number of aryl methyl sites for hydroxylation is 1. The second kappa shape index (κ2) is 9.56. The molecule has 6 heteroatoms. The van der Waals surface area contributed by atoms with Crippen LogP contribution in [0.2, 0.25) is 0 Å². The van der Waals surface area contributed by atoms with E-state index in [1.54, 1.807) is 7.05 Å². The summed E-state index contributed by atoms with van der Waals surface area (Å²) in [6, 6.07) is 18.1. The molecular formula is C20H25IN4O. The van der Waals surface area contributed by atoms with E-state index in [2.05, 4.69) is 34.7 Å². The quantitative estimate of drug-likeness (QED) is 0.416. The molecule has 2 aromatic carbocycles. The number of nitrogens with one attached hydrogen (secondary N) is 2. The van der Waals surface area contributed by atoms with Crippen LogP contribution in [-0.2, 0) is 11.3 Å². The molecule has 1 aliphatic heterocycles. The van der Waals surface area contributed by atoms with Gasteiger partial charge < -0.3 is 15.5 Å². The van der Waals surface area contributed by atoms with Crippen LogP contribution in [0.15, 0.2) is 59.6 Å². The van der Waals surface area contributed by atoms with Crippen molar-refractivity contribution < 1.29 is 4.79 Å². The Bertz CT molecular complexity index is 763. The average molecular weight is 464 g/mol. The van der Waals surface area contributed by atoms with Gasteiger partial charge in [0.15, 0.2) is 5.96 Å². The van der Waals surface area contributed by atoms with Crippen LogP contribution < -0.4 is 15.5 Å². The smallest absolute Gasteiger partial charge is 0.229 e. The summed E-state index contributed by atoms with van der Waals surface area (Å²) in [5, 5.41) is 6.69. The zero-order valence-corrected chi connectivity index (χ0v) is 17.4. The number of nitrogens with zero attached hydrogens (tertiary/aromatic N) is 2. The van der Waals surface area contributed by atoms with E-state index in [1.165, 1.54) is 11.1 Å². The number of carbonyl (C=O) groups is 1. The maximum atomic E-state index is 12.3. The van der Waals surface area contributed by atoms with Crippen LogP contribution in [0.5, 0.6) is 0 Å².